The Balaban J connectivity index is 2.06. The minimum absolute atomic E-state index is 0.162. The van der Waals surface area contributed by atoms with E-state index in [1.54, 1.807) is 7.11 Å². The molecule has 0 heterocycles. The van der Waals surface area contributed by atoms with Crippen molar-refractivity contribution < 1.29 is 19.9 Å². The summed E-state index contributed by atoms with van der Waals surface area (Å²) in [4.78, 5) is 0. The van der Waals surface area contributed by atoms with Crippen LogP contribution in [0.25, 0.3) is 0 Å². The maximum atomic E-state index is 8.75. The second-order valence-corrected chi connectivity index (χ2v) is 4.86. The Kier molecular flexibility index (Phi) is 5.01. The number of ether oxygens (including phenoxy) is 2. The van der Waals surface area contributed by atoms with Crippen LogP contribution in [0.3, 0.4) is 0 Å². The number of hydrogen-bond acceptors (Lipinski definition) is 5. The zero-order valence-corrected chi connectivity index (χ0v) is 11.2. The van der Waals surface area contributed by atoms with Gasteiger partial charge in [-0.25, -0.2) is 0 Å². The van der Waals surface area contributed by atoms with Gasteiger partial charge < -0.3 is 9.47 Å². The fraction of sp³-hybridized carbons (Fsp3) is 0.571. The van der Waals surface area contributed by atoms with Crippen LogP contribution in [0, 0.1) is 0 Å². The summed E-state index contributed by atoms with van der Waals surface area (Å²) < 4.78 is 11.3. The summed E-state index contributed by atoms with van der Waals surface area (Å²) in [6.07, 6.45) is 5.44. The van der Waals surface area contributed by atoms with E-state index in [-0.39, 0.29) is 17.9 Å². The molecule has 1 aliphatic carbocycles. The first-order chi connectivity index (χ1) is 9.19. The van der Waals surface area contributed by atoms with E-state index in [2.05, 4.69) is 0 Å². The van der Waals surface area contributed by atoms with Crippen LogP contribution in [-0.2, 0) is 6.42 Å². The molecule has 19 heavy (non-hydrogen) atoms. The van der Waals surface area contributed by atoms with E-state index in [9.17, 15) is 0 Å². The van der Waals surface area contributed by atoms with Gasteiger partial charge in [-0.2, -0.15) is 0 Å². The van der Waals surface area contributed by atoms with E-state index in [1.807, 2.05) is 18.2 Å². The molecule has 1 aliphatic rings. The highest BCUT2D eigenvalue weighted by Crippen LogP contribution is 2.32. The smallest absolute Gasteiger partial charge is 0.161 e. The van der Waals surface area contributed by atoms with Crippen LogP contribution in [-0.4, -0.2) is 35.4 Å². The van der Waals surface area contributed by atoms with Crippen LogP contribution < -0.4 is 9.47 Å². The summed E-state index contributed by atoms with van der Waals surface area (Å²) in [5.74, 6) is 1.47. The molecule has 0 spiro atoms. The molecule has 1 saturated carbocycles. The molecule has 0 amide bonds. The predicted molar refractivity (Wildman–Crippen MR) is 69.9 cm³/mol. The van der Waals surface area contributed by atoms with Crippen LogP contribution in [0.2, 0.25) is 0 Å². The number of rotatable bonds is 6. The van der Waals surface area contributed by atoms with Crippen molar-refractivity contribution in [1.82, 2.24) is 5.23 Å². The lowest BCUT2D eigenvalue weighted by Gasteiger charge is -2.17. The Morgan fingerprint density at radius 2 is 1.95 bits per heavy atom. The van der Waals surface area contributed by atoms with Gasteiger partial charge in [0.1, 0.15) is 0 Å². The van der Waals surface area contributed by atoms with Gasteiger partial charge in [0.15, 0.2) is 11.5 Å². The van der Waals surface area contributed by atoms with Crippen LogP contribution >= 0.6 is 0 Å². The van der Waals surface area contributed by atoms with Crippen molar-refractivity contribution in [2.75, 3.05) is 13.7 Å². The van der Waals surface area contributed by atoms with E-state index in [0.717, 1.165) is 29.9 Å². The number of methoxy groups -OCH3 is 1. The van der Waals surface area contributed by atoms with E-state index in [0.29, 0.717) is 6.42 Å². The number of nitrogens with zero attached hydrogens (tertiary/aromatic N) is 1. The van der Waals surface area contributed by atoms with Crippen molar-refractivity contribution in [3.05, 3.63) is 23.8 Å². The zero-order valence-electron chi connectivity index (χ0n) is 11.2. The van der Waals surface area contributed by atoms with Gasteiger partial charge in [-0.3, -0.25) is 10.4 Å². The molecule has 0 unspecified atom stereocenters. The molecule has 0 aliphatic heterocycles. The Bertz CT molecular complexity index is 402. The fourth-order valence-corrected chi connectivity index (χ4v) is 2.38. The molecule has 0 saturated heterocycles. The maximum absolute atomic E-state index is 8.75. The summed E-state index contributed by atoms with van der Waals surface area (Å²) in [6, 6.07) is 5.68. The fourth-order valence-electron chi connectivity index (χ4n) is 2.38. The Labute approximate surface area is 113 Å². The van der Waals surface area contributed by atoms with Gasteiger partial charge in [-0.1, -0.05) is 11.3 Å². The summed E-state index contributed by atoms with van der Waals surface area (Å²) in [6.45, 7) is 0.162. The van der Waals surface area contributed by atoms with E-state index >= 15 is 0 Å². The summed E-state index contributed by atoms with van der Waals surface area (Å²) >= 11 is 0. The van der Waals surface area contributed by atoms with Gasteiger partial charge in [0.2, 0.25) is 0 Å². The highest BCUT2D eigenvalue weighted by molar-refractivity contribution is 5.43. The second-order valence-electron chi connectivity index (χ2n) is 4.86. The van der Waals surface area contributed by atoms with Crippen molar-refractivity contribution in [3.8, 4) is 11.5 Å². The lowest BCUT2D eigenvalue weighted by molar-refractivity contribution is -0.305. The molecule has 106 valence electrons. The number of hydrogen-bond donors (Lipinski definition) is 2. The zero-order chi connectivity index (χ0) is 13.7. The predicted octanol–water partition coefficient (Wildman–Crippen LogP) is 2.64. The summed E-state index contributed by atoms with van der Waals surface area (Å²) in [5.41, 5.74) is 0.988. The molecule has 5 nitrogen and oxygen atoms in total. The molecule has 1 aromatic carbocycles. The highest BCUT2D eigenvalue weighted by atomic mass is 16.8. The minimum atomic E-state index is 0.162. The normalized spacial score (nSPS) is 16.0. The monoisotopic (exact) mass is 267 g/mol. The molecule has 2 N–H and O–H groups in total. The highest BCUT2D eigenvalue weighted by Gasteiger charge is 2.18. The third kappa shape index (κ3) is 4.09. The molecule has 0 aromatic heterocycles. The van der Waals surface area contributed by atoms with Crippen molar-refractivity contribution in [2.24, 2.45) is 0 Å². The summed E-state index contributed by atoms with van der Waals surface area (Å²) in [7, 11) is 1.62. The third-order valence-electron chi connectivity index (χ3n) is 3.42. The quantitative estimate of drug-likeness (QED) is 0.776. The van der Waals surface area contributed by atoms with Gasteiger partial charge in [0.05, 0.1) is 19.8 Å². The van der Waals surface area contributed by atoms with E-state index < -0.39 is 0 Å². The van der Waals surface area contributed by atoms with Crippen LogP contribution in [0.4, 0.5) is 0 Å². The number of benzene rings is 1. The van der Waals surface area contributed by atoms with Crippen molar-refractivity contribution in [3.63, 3.8) is 0 Å². The molecule has 1 aromatic rings. The summed E-state index contributed by atoms with van der Waals surface area (Å²) in [5, 5.41) is 17.7. The first-order valence-corrected chi connectivity index (χ1v) is 6.68. The molecule has 0 bridgehead atoms. The average Bonchev–Trinajstić information content (AvgIpc) is 2.89. The third-order valence-corrected chi connectivity index (χ3v) is 3.42. The SMILES string of the molecule is COc1ccc(CCN(O)O)cc1OC1CCCC1. The topological polar surface area (TPSA) is 62.2 Å². The van der Waals surface area contributed by atoms with Gasteiger partial charge in [0.25, 0.3) is 0 Å². The van der Waals surface area contributed by atoms with Crippen molar-refractivity contribution >= 4 is 0 Å². The second kappa shape index (κ2) is 6.75. The lowest BCUT2D eigenvalue weighted by Crippen LogP contribution is -2.17. The van der Waals surface area contributed by atoms with E-state index in [4.69, 9.17) is 19.9 Å². The molecule has 0 atom stereocenters. The van der Waals surface area contributed by atoms with Gasteiger partial charge in [-0.05, 0) is 49.8 Å². The lowest BCUT2D eigenvalue weighted by atomic mass is 10.1. The van der Waals surface area contributed by atoms with Gasteiger partial charge >= 0.3 is 0 Å². The molecular formula is C14H21NO4. The van der Waals surface area contributed by atoms with Crippen LogP contribution in [0.5, 0.6) is 11.5 Å². The molecule has 5 heteroatoms. The van der Waals surface area contributed by atoms with Crippen molar-refractivity contribution in [2.45, 2.75) is 38.2 Å². The maximum Gasteiger partial charge on any atom is 0.161 e. The minimum Gasteiger partial charge on any atom is -0.493 e. The standard InChI is InChI=1S/C14H21NO4/c1-18-13-7-6-11(8-9-15(16)17)10-14(13)19-12-4-2-3-5-12/h6-7,10,12,16-17H,2-5,8-9H2,1H3. The largest absolute Gasteiger partial charge is 0.493 e. The molecule has 1 fully saturated rings. The Hall–Kier alpha value is -1.30. The van der Waals surface area contributed by atoms with Crippen molar-refractivity contribution in [1.29, 1.82) is 0 Å². The first kappa shape index (κ1) is 14.1. The average molecular weight is 267 g/mol. The molecule has 2 rings (SSSR count). The molecule has 0 radical (unpaired) electrons. The van der Waals surface area contributed by atoms with Gasteiger partial charge in [-0.15, -0.1) is 0 Å². The van der Waals surface area contributed by atoms with Gasteiger partial charge in [0, 0.05) is 0 Å². The van der Waals surface area contributed by atoms with Crippen LogP contribution in [0.15, 0.2) is 18.2 Å². The Morgan fingerprint density at radius 3 is 2.58 bits per heavy atom. The Morgan fingerprint density at radius 1 is 1.21 bits per heavy atom. The van der Waals surface area contributed by atoms with Crippen LogP contribution in [0.1, 0.15) is 31.2 Å². The molecular weight excluding hydrogens is 246 g/mol. The number of hydroxylamine groups is 2. The van der Waals surface area contributed by atoms with E-state index in [1.165, 1.54) is 12.8 Å². The first-order valence-electron chi connectivity index (χ1n) is 6.68.